The number of aromatic nitrogens is 1. The maximum absolute atomic E-state index is 14.0. The summed E-state index contributed by atoms with van der Waals surface area (Å²) in [6.45, 7) is 12.8. The molecule has 1 aliphatic heterocycles. The molecular formula is C36H45BN4O5. The fraction of sp³-hybridized carbons (Fsp3) is 0.500. The van der Waals surface area contributed by atoms with E-state index in [4.69, 9.17) is 9.31 Å². The summed E-state index contributed by atoms with van der Waals surface area (Å²) in [7, 11) is -0.614. The Bertz CT molecular complexity index is 1630. The Morgan fingerprint density at radius 3 is 2.39 bits per heavy atom. The summed E-state index contributed by atoms with van der Waals surface area (Å²) in [5.41, 5.74) is 1.46. The second kappa shape index (κ2) is 12.5. The number of carbonyl (C=O) groups excluding carboxylic acids is 3. The minimum atomic E-state index is -1.07. The first-order valence-electron chi connectivity index (χ1n) is 16.5. The lowest BCUT2D eigenvalue weighted by atomic mass is 9.43. The minimum Gasteiger partial charge on any atom is -0.404 e. The summed E-state index contributed by atoms with van der Waals surface area (Å²) in [5, 5.41) is 10.6. The van der Waals surface area contributed by atoms with Gasteiger partial charge in [-0.1, -0.05) is 69.7 Å². The third kappa shape index (κ3) is 6.17. The third-order valence-corrected chi connectivity index (χ3v) is 10.6. The molecule has 3 N–H and O–H groups in total. The highest BCUT2D eigenvalue weighted by Crippen LogP contribution is 2.65. The van der Waals surface area contributed by atoms with Crippen molar-refractivity contribution in [2.45, 2.75) is 84.5 Å². The largest absolute Gasteiger partial charge is 0.481 e. The van der Waals surface area contributed by atoms with Crippen LogP contribution in [0.5, 0.6) is 0 Å². The van der Waals surface area contributed by atoms with Crippen LogP contribution in [-0.2, 0) is 14.1 Å². The summed E-state index contributed by atoms with van der Waals surface area (Å²) >= 11 is 0. The summed E-state index contributed by atoms with van der Waals surface area (Å²) in [5.74, 6) is -0.476. The SMILES string of the molecule is Cc1ccc(C(=O)NC[C@H](NC(=O)c2cc3ccccc3cn2)C(=O)N[C@@H](CC(C)C)B2O[C@@H]3C[C@@H]4C[C@@H](C4(C)C)[C@]3(C)O2)cc1. The molecule has 4 aliphatic rings. The molecule has 6 atom stereocenters. The van der Waals surface area contributed by atoms with Crippen LogP contribution in [-0.4, -0.2) is 60.1 Å². The molecule has 9 nitrogen and oxygen atoms in total. The number of nitrogens with zero attached hydrogens (tertiary/aromatic N) is 1. The quantitative estimate of drug-likeness (QED) is 0.277. The lowest BCUT2D eigenvalue weighted by Gasteiger charge is -2.64. The summed E-state index contributed by atoms with van der Waals surface area (Å²) in [6.07, 6.45) is 4.32. The zero-order valence-electron chi connectivity index (χ0n) is 27.6. The van der Waals surface area contributed by atoms with Crippen molar-refractivity contribution in [3.8, 4) is 0 Å². The van der Waals surface area contributed by atoms with E-state index in [0.29, 0.717) is 23.8 Å². The number of amides is 3. The minimum absolute atomic E-state index is 0.0240. The molecule has 10 heteroatoms. The standard InChI is InChI=1S/C36H45BN4O5/c1-21(2)15-31(37-45-30-18-26-17-29(35(26,4)5)36(30,6)46-37)41-34(44)28(20-39-32(42)23-13-11-22(3)12-14-23)40-33(43)27-16-24-9-7-8-10-25(24)19-38-27/h7-14,16,19,21,26,28-31H,15,17-18,20H2,1-6H3,(H,39,42)(H,40,43)(H,41,44)/t26-,28-,29-,30+,31-,36-/m0/s1. The Hall–Kier alpha value is -3.76. The van der Waals surface area contributed by atoms with Crippen LogP contribution in [0.1, 0.15) is 80.3 Å². The van der Waals surface area contributed by atoms with Crippen LogP contribution < -0.4 is 16.0 Å². The van der Waals surface area contributed by atoms with Crippen LogP contribution in [0.4, 0.5) is 0 Å². The zero-order valence-corrected chi connectivity index (χ0v) is 27.6. The maximum Gasteiger partial charge on any atom is 0.481 e. The van der Waals surface area contributed by atoms with Crippen LogP contribution in [0.3, 0.4) is 0 Å². The normalized spacial score (nSPS) is 25.7. The summed E-state index contributed by atoms with van der Waals surface area (Å²) in [6, 6.07) is 15.4. The highest BCUT2D eigenvalue weighted by Gasteiger charge is 2.68. The van der Waals surface area contributed by atoms with Gasteiger partial charge in [-0.3, -0.25) is 19.4 Å². The molecule has 3 aliphatic carbocycles. The van der Waals surface area contributed by atoms with Gasteiger partial charge in [0.25, 0.3) is 11.8 Å². The van der Waals surface area contributed by atoms with E-state index >= 15 is 0 Å². The number of benzene rings is 2. The van der Waals surface area contributed by atoms with Crippen LogP contribution >= 0.6 is 0 Å². The van der Waals surface area contributed by atoms with E-state index in [0.717, 1.165) is 29.2 Å². The van der Waals surface area contributed by atoms with Crippen LogP contribution in [0, 0.1) is 30.1 Å². The van der Waals surface area contributed by atoms with Crippen LogP contribution in [0.15, 0.2) is 60.8 Å². The van der Waals surface area contributed by atoms with Crippen molar-refractivity contribution in [2.24, 2.45) is 23.2 Å². The Morgan fingerprint density at radius 2 is 1.70 bits per heavy atom. The number of carbonyl (C=O) groups is 3. The molecule has 2 heterocycles. The van der Waals surface area contributed by atoms with Crippen LogP contribution in [0.2, 0.25) is 0 Å². The lowest BCUT2D eigenvalue weighted by Crippen LogP contribution is -2.65. The first kappa shape index (κ1) is 32.2. The average molecular weight is 625 g/mol. The van der Waals surface area contributed by atoms with Crippen molar-refractivity contribution in [1.29, 1.82) is 0 Å². The number of hydrogen-bond donors (Lipinski definition) is 3. The zero-order chi connectivity index (χ0) is 32.8. The second-order valence-electron chi connectivity index (χ2n) is 14.6. The maximum atomic E-state index is 14.0. The van der Waals surface area contributed by atoms with Gasteiger partial charge in [0.2, 0.25) is 5.91 Å². The number of nitrogens with one attached hydrogen (secondary N) is 3. The average Bonchev–Trinajstić information content (AvgIpc) is 3.39. The van der Waals surface area contributed by atoms with E-state index in [1.807, 2.05) is 43.3 Å². The summed E-state index contributed by atoms with van der Waals surface area (Å²) < 4.78 is 13.3. The molecule has 4 fully saturated rings. The van der Waals surface area contributed by atoms with Crippen molar-refractivity contribution >= 4 is 35.6 Å². The lowest BCUT2D eigenvalue weighted by molar-refractivity contribution is -0.199. The second-order valence-corrected chi connectivity index (χ2v) is 14.6. The van der Waals surface area contributed by atoms with Crippen molar-refractivity contribution in [1.82, 2.24) is 20.9 Å². The van der Waals surface area contributed by atoms with E-state index in [9.17, 15) is 14.4 Å². The molecule has 242 valence electrons. The molecule has 1 saturated heterocycles. The van der Waals surface area contributed by atoms with Gasteiger partial charge in [0.05, 0.1) is 17.6 Å². The van der Waals surface area contributed by atoms with Gasteiger partial charge in [0, 0.05) is 23.7 Å². The Labute approximate surface area is 271 Å². The van der Waals surface area contributed by atoms with Crippen molar-refractivity contribution in [3.63, 3.8) is 0 Å². The molecule has 2 aromatic carbocycles. The van der Waals surface area contributed by atoms with E-state index in [1.165, 1.54) is 0 Å². The molecule has 0 spiro atoms. The molecule has 3 saturated carbocycles. The number of aryl methyl sites for hydroxylation is 1. The fourth-order valence-corrected chi connectivity index (χ4v) is 7.75. The molecule has 0 unspecified atom stereocenters. The van der Waals surface area contributed by atoms with Gasteiger partial charge in [-0.2, -0.15) is 0 Å². The molecular weight excluding hydrogens is 579 g/mol. The number of rotatable bonds is 10. The van der Waals surface area contributed by atoms with Crippen LogP contribution in [0.25, 0.3) is 10.8 Å². The number of hydrogen-bond acceptors (Lipinski definition) is 6. The predicted molar refractivity (Wildman–Crippen MR) is 178 cm³/mol. The monoisotopic (exact) mass is 624 g/mol. The Kier molecular flexibility index (Phi) is 8.72. The molecule has 2 bridgehead atoms. The molecule has 3 aromatic rings. The molecule has 0 radical (unpaired) electrons. The van der Waals surface area contributed by atoms with E-state index < -0.39 is 36.5 Å². The highest BCUT2D eigenvalue weighted by atomic mass is 16.7. The van der Waals surface area contributed by atoms with Crippen molar-refractivity contribution in [2.75, 3.05) is 6.54 Å². The van der Waals surface area contributed by atoms with Crippen molar-refractivity contribution < 1.29 is 23.7 Å². The van der Waals surface area contributed by atoms with Gasteiger partial charge in [-0.25, -0.2) is 0 Å². The van der Waals surface area contributed by atoms with Gasteiger partial charge < -0.3 is 25.3 Å². The van der Waals surface area contributed by atoms with Gasteiger partial charge >= 0.3 is 7.12 Å². The van der Waals surface area contributed by atoms with E-state index in [-0.39, 0.29) is 35.6 Å². The van der Waals surface area contributed by atoms with Gasteiger partial charge in [-0.15, -0.1) is 0 Å². The third-order valence-electron chi connectivity index (χ3n) is 10.6. The molecule has 7 rings (SSSR count). The molecule has 3 amide bonds. The Morgan fingerprint density at radius 1 is 0.978 bits per heavy atom. The highest BCUT2D eigenvalue weighted by molar-refractivity contribution is 6.48. The molecule has 1 aromatic heterocycles. The van der Waals surface area contributed by atoms with E-state index in [2.05, 4.69) is 55.6 Å². The first-order valence-corrected chi connectivity index (χ1v) is 16.5. The topological polar surface area (TPSA) is 119 Å². The predicted octanol–water partition coefficient (Wildman–Crippen LogP) is 4.87. The van der Waals surface area contributed by atoms with Crippen molar-refractivity contribution in [3.05, 3.63) is 77.6 Å². The number of fused-ring (bicyclic) bond motifs is 1. The molecule has 46 heavy (non-hydrogen) atoms. The smallest absolute Gasteiger partial charge is 0.404 e. The number of pyridine rings is 1. The first-order chi connectivity index (χ1) is 21.8. The van der Waals surface area contributed by atoms with E-state index in [1.54, 1.807) is 24.4 Å². The van der Waals surface area contributed by atoms with Gasteiger partial charge in [0.1, 0.15) is 11.7 Å². The van der Waals surface area contributed by atoms with Gasteiger partial charge in [0.15, 0.2) is 0 Å². The fourth-order valence-electron chi connectivity index (χ4n) is 7.75. The summed E-state index contributed by atoms with van der Waals surface area (Å²) in [4.78, 5) is 44.9. The van der Waals surface area contributed by atoms with Gasteiger partial charge in [-0.05, 0) is 79.9 Å². The Balaban J connectivity index is 1.21.